The molecule has 3 heterocycles. The van der Waals surface area contributed by atoms with Gasteiger partial charge in [-0.2, -0.15) is 4.31 Å². The fraction of sp³-hybridized carbons (Fsp3) is 0.696. The topological polar surface area (TPSA) is 102 Å². The summed E-state index contributed by atoms with van der Waals surface area (Å²) in [7, 11) is -4.02. The van der Waals surface area contributed by atoms with E-state index in [0.717, 1.165) is 32.2 Å². The molecule has 0 aromatic heterocycles. The second kappa shape index (κ2) is 10.3. The molecule has 34 heavy (non-hydrogen) atoms. The van der Waals surface area contributed by atoms with Crippen molar-refractivity contribution in [2.75, 3.05) is 50.8 Å². The minimum absolute atomic E-state index is 0.0307. The first-order valence-corrected chi connectivity index (χ1v) is 13.6. The van der Waals surface area contributed by atoms with Crippen molar-refractivity contribution >= 4 is 21.6 Å². The van der Waals surface area contributed by atoms with Crippen LogP contribution in [0, 0.1) is 5.82 Å². The Morgan fingerprint density at radius 2 is 2.00 bits per heavy atom. The number of benzene rings is 1. The molecule has 3 fully saturated rings. The van der Waals surface area contributed by atoms with E-state index in [1.807, 2.05) is 11.8 Å². The number of ether oxygens (including phenoxy) is 1. The molecule has 1 aromatic carbocycles. The van der Waals surface area contributed by atoms with Crippen molar-refractivity contribution in [2.45, 2.75) is 56.2 Å². The molecule has 2 unspecified atom stereocenters. The van der Waals surface area contributed by atoms with Crippen molar-refractivity contribution < 1.29 is 27.5 Å². The van der Waals surface area contributed by atoms with Crippen LogP contribution in [0.25, 0.3) is 0 Å². The van der Waals surface area contributed by atoms with Crippen LogP contribution >= 0.6 is 0 Å². The third kappa shape index (κ3) is 4.62. The number of nitrogens with one attached hydrogen (secondary N) is 1. The van der Waals surface area contributed by atoms with Gasteiger partial charge in [-0.1, -0.05) is 13.3 Å². The lowest BCUT2D eigenvalue weighted by Crippen LogP contribution is -2.64. The van der Waals surface area contributed by atoms with Gasteiger partial charge in [0.05, 0.1) is 6.61 Å². The Labute approximate surface area is 200 Å². The van der Waals surface area contributed by atoms with Crippen LogP contribution in [0.5, 0.6) is 5.75 Å². The second-order valence-corrected chi connectivity index (χ2v) is 11.7. The predicted molar refractivity (Wildman–Crippen MR) is 126 cm³/mol. The fourth-order valence-electron chi connectivity index (χ4n) is 5.45. The molecular weight excluding hydrogens is 463 g/mol. The minimum atomic E-state index is -4.02. The van der Waals surface area contributed by atoms with Crippen molar-refractivity contribution in [3.05, 3.63) is 24.0 Å². The van der Waals surface area contributed by atoms with Crippen molar-refractivity contribution in [3.63, 3.8) is 0 Å². The molecule has 1 aromatic rings. The zero-order valence-electron chi connectivity index (χ0n) is 19.7. The monoisotopic (exact) mass is 498 g/mol. The predicted octanol–water partition coefficient (Wildman–Crippen LogP) is 1.96. The average Bonchev–Trinajstić information content (AvgIpc) is 3.32. The number of hydrogen-bond donors (Lipinski definition) is 2. The average molecular weight is 499 g/mol. The highest BCUT2D eigenvalue weighted by molar-refractivity contribution is 7.91. The summed E-state index contributed by atoms with van der Waals surface area (Å²) in [5.41, 5.74) is 2.30. The van der Waals surface area contributed by atoms with Gasteiger partial charge in [-0.05, 0) is 50.8 Å². The first-order valence-electron chi connectivity index (χ1n) is 12.2. The van der Waals surface area contributed by atoms with Gasteiger partial charge in [0.25, 0.3) is 5.91 Å². The second-order valence-electron chi connectivity index (χ2n) is 9.43. The number of hydroxylamine groups is 1. The molecule has 190 valence electrons. The molecule has 0 aliphatic carbocycles. The quantitative estimate of drug-likeness (QED) is 0.321. The molecule has 3 aliphatic heterocycles. The molecule has 3 aliphatic rings. The van der Waals surface area contributed by atoms with Crippen molar-refractivity contribution in [3.8, 4) is 5.75 Å². The van der Waals surface area contributed by atoms with Crippen molar-refractivity contribution in [1.82, 2.24) is 14.7 Å². The van der Waals surface area contributed by atoms with Crippen molar-refractivity contribution in [1.29, 1.82) is 0 Å². The van der Waals surface area contributed by atoms with E-state index >= 15 is 0 Å². The van der Waals surface area contributed by atoms with Gasteiger partial charge in [-0.25, -0.2) is 18.3 Å². The molecule has 0 bridgehead atoms. The van der Waals surface area contributed by atoms with Gasteiger partial charge in [0, 0.05) is 50.5 Å². The molecule has 2 atom stereocenters. The lowest BCUT2D eigenvalue weighted by molar-refractivity contribution is -0.133. The zero-order valence-corrected chi connectivity index (χ0v) is 20.5. The summed E-state index contributed by atoms with van der Waals surface area (Å²) in [4.78, 5) is 16.9. The number of carbonyl (C=O) groups excluding carboxylic acids is 1. The van der Waals surface area contributed by atoms with Crippen LogP contribution in [-0.4, -0.2) is 85.4 Å². The number of carbonyl (C=O) groups is 1. The van der Waals surface area contributed by atoms with Crippen LogP contribution < -0.4 is 15.1 Å². The smallest absolute Gasteiger partial charge is 0.266 e. The number of unbranched alkanes of at least 4 members (excludes halogenated alkanes) is 1. The highest BCUT2D eigenvalue weighted by Crippen LogP contribution is 2.40. The van der Waals surface area contributed by atoms with Gasteiger partial charge >= 0.3 is 0 Å². The van der Waals surface area contributed by atoms with Gasteiger partial charge < -0.3 is 14.5 Å². The molecular formula is C23H35FN4O5S. The largest absolute Gasteiger partial charge is 0.491 e. The minimum Gasteiger partial charge on any atom is -0.491 e. The van der Waals surface area contributed by atoms with Gasteiger partial charge in [-0.15, -0.1) is 0 Å². The van der Waals surface area contributed by atoms with E-state index in [0.29, 0.717) is 31.9 Å². The van der Waals surface area contributed by atoms with E-state index in [4.69, 9.17) is 4.74 Å². The van der Waals surface area contributed by atoms with Crippen LogP contribution in [-0.2, 0) is 14.8 Å². The maximum absolute atomic E-state index is 14.5. The number of amides is 1. The van der Waals surface area contributed by atoms with E-state index in [1.54, 1.807) is 17.6 Å². The highest BCUT2D eigenvalue weighted by Gasteiger charge is 2.57. The maximum Gasteiger partial charge on any atom is 0.266 e. The molecule has 3 saturated heterocycles. The fourth-order valence-corrected chi connectivity index (χ4v) is 7.62. The molecule has 4 rings (SSSR count). The normalized spacial score (nSPS) is 26.3. The number of piperidine rings is 1. The number of anilines is 1. The summed E-state index contributed by atoms with van der Waals surface area (Å²) in [6.45, 7) is 5.06. The third-order valence-electron chi connectivity index (χ3n) is 7.49. The van der Waals surface area contributed by atoms with E-state index in [2.05, 4.69) is 4.90 Å². The van der Waals surface area contributed by atoms with Gasteiger partial charge in [-0.3, -0.25) is 10.0 Å². The number of sulfonamides is 1. The van der Waals surface area contributed by atoms with E-state index in [9.17, 15) is 22.8 Å². The van der Waals surface area contributed by atoms with Crippen LogP contribution in [0.1, 0.15) is 45.4 Å². The summed E-state index contributed by atoms with van der Waals surface area (Å²) in [5, 5.41) is 9.41. The number of halogens is 1. The molecule has 2 N–H and O–H groups in total. The Hall–Kier alpha value is -1.95. The van der Waals surface area contributed by atoms with Gasteiger partial charge in [0.15, 0.2) is 16.3 Å². The number of hydrogen-bond acceptors (Lipinski definition) is 7. The molecule has 9 nitrogen and oxygen atoms in total. The van der Waals surface area contributed by atoms with E-state index in [-0.39, 0.29) is 37.7 Å². The maximum atomic E-state index is 14.5. The Balaban J connectivity index is 1.45. The van der Waals surface area contributed by atoms with Gasteiger partial charge in [0.1, 0.15) is 0 Å². The summed E-state index contributed by atoms with van der Waals surface area (Å²) >= 11 is 0. The zero-order chi connectivity index (χ0) is 24.3. The summed E-state index contributed by atoms with van der Waals surface area (Å²) in [6, 6.07) is 4.84. The standard InChI is InChI=1S/C23H35FN4O5S/c1-2-3-15-33-21-7-6-18(16-20(21)24)27-11-13-28(14-12-27)34(31,32)23(22(29)25-30)8-10-26-9-4-5-19(26)17-23/h6-7,16,19,30H,2-5,8-15,17H2,1H3,(H,25,29). The summed E-state index contributed by atoms with van der Waals surface area (Å²) < 4.78 is 47.2. The molecule has 0 spiro atoms. The summed E-state index contributed by atoms with van der Waals surface area (Å²) in [5.74, 6) is -1.07. The van der Waals surface area contributed by atoms with Gasteiger partial charge in [0.2, 0.25) is 10.0 Å². The number of nitrogens with zero attached hydrogens (tertiary/aromatic N) is 3. The molecule has 0 radical (unpaired) electrons. The molecule has 1 amide bonds. The Bertz CT molecular complexity index is 986. The Kier molecular flexibility index (Phi) is 7.66. The van der Waals surface area contributed by atoms with Crippen LogP contribution in [0.2, 0.25) is 0 Å². The van der Waals surface area contributed by atoms with Crippen LogP contribution in [0.3, 0.4) is 0 Å². The van der Waals surface area contributed by atoms with E-state index < -0.39 is 26.5 Å². The Morgan fingerprint density at radius 1 is 1.24 bits per heavy atom. The van der Waals surface area contributed by atoms with Crippen LogP contribution in [0.4, 0.5) is 10.1 Å². The SMILES string of the molecule is CCCCOc1ccc(N2CCN(S(=O)(=O)C3(C(=O)NO)CCN4CCCC4C3)CC2)cc1F. The molecule has 0 saturated carbocycles. The number of fused-ring (bicyclic) bond motifs is 1. The van der Waals surface area contributed by atoms with Crippen LogP contribution in [0.15, 0.2) is 18.2 Å². The molecule has 11 heteroatoms. The van der Waals surface area contributed by atoms with Crippen molar-refractivity contribution in [2.24, 2.45) is 0 Å². The van der Waals surface area contributed by atoms with E-state index in [1.165, 1.54) is 10.4 Å². The lowest BCUT2D eigenvalue weighted by Gasteiger charge is -2.45. The number of piperazine rings is 1. The number of rotatable bonds is 8. The third-order valence-corrected chi connectivity index (χ3v) is 10.1. The summed E-state index contributed by atoms with van der Waals surface area (Å²) in [6.07, 6.45) is 4.00. The first-order chi connectivity index (χ1) is 16.3. The Morgan fingerprint density at radius 3 is 2.68 bits per heavy atom. The first kappa shape index (κ1) is 25.2. The highest BCUT2D eigenvalue weighted by atomic mass is 32.2. The lowest BCUT2D eigenvalue weighted by atomic mass is 9.89.